The van der Waals surface area contributed by atoms with Crippen molar-refractivity contribution in [2.45, 2.75) is 34.6 Å². The van der Waals surface area contributed by atoms with Crippen LogP contribution in [0.2, 0.25) is 0 Å². The number of ether oxygens (including phenoxy) is 3. The van der Waals surface area contributed by atoms with Crippen LogP contribution in [0.1, 0.15) is 27.8 Å². The molecule has 0 amide bonds. The molecule has 2 aromatic carbocycles. The Kier molecular flexibility index (Phi) is 6.95. The third-order valence-electron chi connectivity index (χ3n) is 4.36. The largest absolute Gasteiger partial charge is 0.496 e. The summed E-state index contributed by atoms with van der Waals surface area (Å²) in [5, 5.41) is 0. The van der Waals surface area contributed by atoms with E-state index in [1.807, 2.05) is 32.0 Å². The lowest BCUT2D eigenvalue weighted by atomic mass is 10.0. The average Bonchev–Trinajstić information content (AvgIpc) is 2.56. The van der Waals surface area contributed by atoms with Gasteiger partial charge in [0.05, 0.1) is 21.3 Å². The highest BCUT2D eigenvalue weighted by atomic mass is 16.5. The molecule has 0 aromatic heterocycles. The van der Waals surface area contributed by atoms with E-state index in [-0.39, 0.29) is 0 Å². The molecule has 0 spiro atoms. The van der Waals surface area contributed by atoms with Crippen LogP contribution in [-0.4, -0.2) is 21.3 Å². The zero-order chi connectivity index (χ0) is 17.6. The summed E-state index contributed by atoms with van der Waals surface area (Å²) < 4.78 is 15.5. The van der Waals surface area contributed by atoms with Gasteiger partial charge in [-0.2, -0.15) is 0 Å². The lowest BCUT2D eigenvalue weighted by molar-refractivity contribution is 0.398. The molecule has 0 atom stereocenters. The van der Waals surface area contributed by atoms with Crippen molar-refractivity contribution in [2.75, 3.05) is 21.3 Å². The van der Waals surface area contributed by atoms with Gasteiger partial charge in [0.15, 0.2) is 0 Å². The Hall–Kier alpha value is -2.16. The summed E-state index contributed by atoms with van der Waals surface area (Å²) in [6, 6.07) is 7.93. The van der Waals surface area contributed by atoms with Crippen LogP contribution < -0.4 is 14.2 Å². The number of methoxy groups -OCH3 is 3. The summed E-state index contributed by atoms with van der Waals surface area (Å²) >= 11 is 0. The fourth-order valence-corrected chi connectivity index (χ4v) is 2.37. The average molecular weight is 316 g/mol. The predicted molar refractivity (Wildman–Crippen MR) is 96.2 cm³/mol. The fourth-order valence-electron chi connectivity index (χ4n) is 2.37. The summed E-state index contributed by atoms with van der Waals surface area (Å²) in [6.45, 7) is 10.4. The van der Waals surface area contributed by atoms with E-state index in [2.05, 4.69) is 26.8 Å². The van der Waals surface area contributed by atoms with E-state index in [4.69, 9.17) is 14.2 Å². The third-order valence-corrected chi connectivity index (χ3v) is 4.36. The van der Waals surface area contributed by atoms with Crippen LogP contribution in [0.25, 0.3) is 0 Å². The molecule has 126 valence electrons. The van der Waals surface area contributed by atoms with Gasteiger partial charge in [-0.3, -0.25) is 0 Å². The molecule has 0 bridgehead atoms. The van der Waals surface area contributed by atoms with Gasteiger partial charge in [-0.25, -0.2) is 0 Å². The Morgan fingerprint density at radius 1 is 0.478 bits per heavy atom. The van der Waals surface area contributed by atoms with Crippen LogP contribution in [0.4, 0.5) is 0 Å². The van der Waals surface area contributed by atoms with Gasteiger partial charge in [0.1, 0.15) is 17.2 Å². The van der Waals surface area contributed by atoms with Crippen molar-refractivity contribution < 1.29 is 14.2 Å². The summed E-state index contributed by atoms with van der Waals surface area (Å²) in [6.07, 6.45) is 0. The summed E-state index contributed by atoms with van der Waals surface area (Å²) in [5.74, 6) is 2.80. The van der Waals surface area contributed by atoms with Gasteiger partial charge in [0.25, 0.3) is 0 Å². The molecule has 0 fully saturated rings. The highest BCUT2D eigenvalue weighted by molar-refractivity contribution is 5.47. The molecular weight excluding hydrogens is 288 g/mol. The molecule has 3 heteroatoms. The molecular formula is C20H28O3. The molecule has 0 saturated carbocycles. The highest BCUT2D eigenvalue weighted by Gasteiger charge is 2.05. The minimum absolute atomic E-state index is 0.910. The lowest BCUT2D eigenvalue weighted by Gasteiger charge is -2.10. The zero-order valence-corrected chi connectivity index (χ0v) is 15.5. The number of aryl methyl sites for hydroxylation is 1. The van der Waals surface area contributed by atoms with Crippen molar-refractivity contribution in [1.82, 2.24) is 0 Å². The second-order valence-electron chi connectivity index (χ2n) is 5.55. The first-order chi connectivity index (χ1) is 10.9. The molecule has 0 unspecified atom stereocenters. The molecule has 3 nitrogen and oxygen atoms in total. The van der Waals surface area contributed by atoms with Crippen LogP contribution in [-0.2, 0) is 0 Å². The molecule has 23 heavy (non-hydrogen) atoms. The minimum Gasteiger partial charge on any atom is -0.496 e. The van der Waals surface area contributed by atoms with Crippen molar-refractivity contribution in [2.24, 2.45) is 0 Å². The maximum Gasteiger partial charge on any atom is 0.122 e. The van der Waals surface area contributed by atoms with Gasteiger partial charge in [-0.05, 0) is 80.6 Å². The van der Waals surface area contributed by atoms with Crippen LogP contribution >= 0.6 is 0 Å². The fraction of sp³-hybridized carbons (Fsp3) is 0.400. The molecule has 0 N–H and O–H groups in total. The first-order valence-electron chi connectivity index (χ1n) is 7.66. The van der Waals surface area contributed by atoms with Gasteiger partial charge >= 0.3 is 0 Å². The van der Waals surface area contributed by atoms with E-state index in [1.54, 1.807) is 21.3 Å². The number of rotatable bonds is 3. The van der Waals surface area contributed by atoms with E-state index in [0.717, 1.165) is 28.4 Å². The standard InChI is InChI=1S/C10H14O2.C10H14O/c1-7-8(2)10(12-4)6-5-9(7)11-3;1-7-5-6-10(11-4)9(3)8(7)2/h5-6H,1-4H3;5-6H,1-4H3. The number of benzene rings is 2. The second kappa shape index (κ2) is 8.47. The first-order valence-corrected chi connectivity index (χ1v) is 7.66. The molecule has 0 radical (unpaired) electrons. The topological polar surface area (TPSA) is 27.7 Å². The maximum atomic E-state index is 5.18. The van der Waals surface area contributed by atoms with Gasteiger partial charge < -0.3 is 14.2 Å². The third kappa shape index (κ3) is 4.41. The normalized spacial score (nSPS) is 9.74. The number of hydrogen-bond donors (Lipinski definition) is 0. The second-order valence-corrected chi connectivity index (χ2v) is 5.55. The maximum absolute atomic E-state index is 5.18. The molecule has 0 heterocycles. The van der Waals surface area contributed by atoms with E-state index < -0.39 is 0 Å². The Morgan fingerprint density at radius 3 is 1.13 bits per heavy atom. The highest BCUT2D eigenvalue weighted by Crippen LogP contribution is 2.28. The van der Waals surface area contributed by atoms with Crippen molar-refractivity contribution in [1.29, 1.82) is 0 Å². The Morgan fingerprint density at radius 2 is 0.783 bits per heavy atom. The molecule has 2 aromatic rings. The van der Waals surface area contributed by atoms with Crippen LogP contribution in [0, 0.1) is 34.6 Å². The zero-order valence-electron chi connectivity index (χ0n) is 15.5. The van der Waals surface area contributed by atoms with Crippen LogP contribution in [0.3, 0.4) is 0 Å². The first kappa shape index (κ1) is 18.9. The van der Waals surface area contributed by atoms with Crippen molar-refractivity contribution in [3.63, 3.8) is 0 Å². The summed E-state index contributed by atoms with van der Waals surface area (Å²) in [7, 11) is 5.06. The monoisotopic (exact) mass is 316 g/mol. The van der Waals surface area contributed by atoms with Gasteiger partial charge in [0, 0.05) is 0 Å². The minimum atomic E-state index is 0.910. The van der Waals surface area contributed by atoms with Crippen LogP contribution in [0.5, 0.6) is 17.2 Å². The predicted octanol–water partition coefficient (Wildman–Crippen LogP) is 4.94. The SMILES string of the molecule is COc1ccc(C)c(C)c1C.COc1ccc(OC)c(C)c1C. The number of hydrogen-bond acceptors (Lipinski definition) is 3. The smallest absolute Gasteiger partial charge is 0.122 e. The summed E-state index contributed by atoms with van der Waals surface area (Å²) in [4.78, 5) is 0. The molecule has 0 aliphatic carbocycles. The van der Waals surface area contributed by atoms with Gasteiger partial charge in [0.2, 0.25) is 0 Å². The van der Waals surface area contributed by atoms with Crippen molar-refractivity contribution in [3.8, 4) is 17.2 Å². The Bertz CT molecular complexity index is 631. The summed E-state index contributed by atoms with van der Waals surface area (Å²) in [5.41, 5.74) is 6.16. The molecule has 0 aliphatic rings. The van der Waals surface area contributed by atoms with Gasteiger partial charge in [-0.15, -0.1) is 0 Å². The van der Waals surface area contributed by atoms with Crippen molar-refractivity contribution in [3.05, 3.63) is 52.1 Å². The van der Waals surface area contributed by atoms with Crippen molar-refractivity contribution >= 4 is 0 Å². The lowest BCUT2D eigenvalue weighted by Crippen LogP contribution is -1.93. The van der Waals surface area contributed by atoms with Gasteiger partial charge in [-0.1, -0.05) is 6.07 Å². The van der Waals surface area contributed by atoms with Crippen LogP contribution in [0.15, 0.2) is 24.3 Å². The van der Waals surface area contributed by atoms with E-state index in [1.165, 1.54) is 16.7 Å². The quantitative estimate of drug-likeness (QED) is 0.802. The van der Waals surface area contributed by atoms with E-state index in [0.29, 0.717) is 0 Å². The Balaban J connectivity index is 0.000000231. The Labute approximate surface area is 140 Å². The van der Waals surface area contributed by atoms with E-state index in [9.17, 15) is 0 Å². The molecule has 0 aliphatic heterocycles. The molecule has 2 rings (SSSR count). The van der Waals surface area contributed by atoms with E-state index >= 15 is 0 Å². The molecule has 0 saturated heterocycles.